The number of piperazine rings is 1. The Hall–Kier alpha value is -1.41. The van der Waals surface area contributed by atoms with Crippen LogP contribution in [-0.4, -0.2) is 49.7 Å². The van der Waals surface area contributed by atoms with E-state index in [1.54, 1.807) is 34.4 Å². The molecule has 2 aromatic rings. The van der Waals surface area contributed by atoms with Crippen LogP contribution in [0.5, 0.6) is 0 Å². The number of aryl methyl sites for hydroxylation is 2. The first-order valence-electron chi connectivity index (χ1n) is 7.91. The lowest BCUT2D eigenvalue weighted by molar-refractivity contribution is 0.0697. The highest BCUT2D eigenvalue weighted by Gasteiger charge is 2.32. The van der Waals surface area contributed by atoms with Crippen molar-refractivity contribution in [2.45, 2.75) is 18.7 Å². The molecular formula is C17H19ClN2O3S2. The number of carbonyl (C=O) groups excluding carboxylic acids is 1. The minimum atomic E-state index is -3.65. The van der Waals surface area contributed by atoms with Crippen molar-refractivity contribution in [1.82, 2.24) is 9.21 Å². The summed E-state index contributed by atoms with van der Waals surface area (Å²) in [7, 11) is -3.65. The van der Waals surface area contributed by atoms with Crippen molar-refractivity contribution in [3.8, 4) is 0 Å². The molecule has 0 N–H and O–H groups in total. The molecule has 0 saturated carbocycles. The second-order valence-corrected chi connectivity index (χ2v) is 9.73. The van der Waals surface area contributed by atoms with Crippen LogP contribution in [0.2, 0.25) is 5.02 Å². The van der Waals surface area contributed by atoms with E-state index in [1.165, 1.54) is 10.4 Å². The molecule has 0 atom stereocenters. The van der Waals surface area contributed by atoms with Gasteiger partial charge in [0, 0.05) is 35.9 Å². The van der Waals surface area contributed by atoms with Crippen LogP contribution in [-0.2, 0) is 10.0 Å². The lowest BCUT2D eigenvalue weighted by Crippen LogP contribution is -2.50. The zero-order valence-electron chi connectivity index (χ0n) is 14.0. The van der Waals surface area contributed by atoms with Crippen molar-refractivity contribution < 1.29 is 13.2 Å². The van der Waals surface area contributed by atoms with Gasteiger partial charge < -0.3 is 4.90 Å². The number of hydrogen-bond donors (Lipinski definition) is 0. The van der Waals surface area contributed by atoms with Gasteiger partial charge in [-0.3, -0.25) is 4.79 Å². The van der Waals surface area contributed by atoms with Crippen LogP contribution in [0.1, 0.15) is 20.1 Å². The Balaban J connectivity index is 1.73. The fraction of sp³-hybridized carbons (Fsp3) is 0.353. The van der Waals surface area contributed by atoms with E-state index < -0.39 is 10.0 Å². The Morgan fingerprint density at radius 2 is 1.76 bits per heavy atom. The van der Waals surface area contributed by atoms with Crippen LogP contribution in [0.15, 0.2) is 35.2 Å². The van der Waals surface area contributed by atoms with Crippen molar-refractivity contribution in [2.75, 3.05) is 26.2 Å². The van der Waals surface area contributed by atoms with E-state index in [0.29, 0.717) is 18.7 Å². The number of nitrogens with zero attached hydrogens (tertiary/aromatic N) is 2. The maximum absolute atomic E-state index is 12.8. The summed E-state index contributed by atoms with van der Waals surface area (Å²) in [5, 5.41) is 0.213. The van der Waals surface area contributed by atoms with Gasteiger partial charge in [0.05, 0.1) is 10.6 Å². The first kappa shape index (κ1) is 18.4. The monoisotopic (exact) mass is 398 g/mol. The minimum absolute atomic E-state index is 0.0309. The molecule has 3 rings (SSSR count). The number of carbonyl (C=O) groups is 1. The molecule has 1 saturated heterocycles. The van der Waals surface area contributed by atoms with E-state index in [2.05, 4.69) is 0 Å². The average molecular weight is 399 g/mol. The first-order chi connectivity index (χ1) is 11.8. The van der Waals surface area contributed by atoms with E-state index >= 15 is 0 Å². The quantitative estimate of drug-likeness (QED) is 0.797. The summed E-state index contributed by atoms with van der Waals surface area (Å²) < 4.78 is 26.9. The first-order valence-corrected chi connectivity index (χ1v) is 10.5. The van der Waals surface area contributed by atoms with Crippen LogP contribution in [0.4, 0.5) is 0 Å². The van der Waals surface area contributed by atoms with E-state index in [-0.39, 0.29) is 28.9 Å². The van der Waals surface area contributed by atoms with Crippen molar-refractivity contribution in [1.29, 1.82) is 0 Å². The average Bonchev–Trinajstić information content (AvgIpc) is 2.93. The summed E-state index contributed by atoms with van der Waals surface area (Å²) in [5.41, 5.74) is 0.713. The number of halogens is 1. The van der Waals surface area contributed by atoms with Crippen LogP contribution in [0.3, 0.4) is 0 Å². The highest BCUT2D eigenvalue weighted by molar-refractivity contribution is 7.89. The molecule has 8 heteroatoms. The van der Waals surface area contributed by atoms with Gasteiger partial charge in [-0.1, -0.05) is 23.7 Å². The smallest absolute Gasteiger partial charge is 0.255 e. The molecule has 1 amide bonds. The Kier molecular flexibility index (Phi) is 5.20. The molecule has 0 spiro atoms. The third kappa shape index (κ3) is 3.60. The molecule has 2 heterocycles. The number of hydrogen-bond acceptors (Lipinski definition) is 4. The fourth-order valence-corrected chi connectivity index (χ4v) is 5.77. The SMILES string of the molecule is Cc1cc(C(=O)N2CCN(S(=O)(=O)c3ccccc3Cl)CC2)c(C)s1. The van der Waals surface area contributed by atoms with Crippen LogP contribution in [0, 0.1) is 13.8 Å². The maximum Gasteiger partial charge on any atom is 0.255 e. The predicted octanol–water partition coefficient (Wildman–Crippen LogP) is 3.17. The maximum atomic E-state index is 12.8. The van der Waals surface area contributed by atoms with E-state index in [4.69, 9.17) is 11.6 Å². The summed E-state index contributed by atoms with van der Waals surface area (Å²) in [5.74, 6) is -0.0309. The molecule has 0 radical (unpaired) electrons. The summed E-state index contributed by atoms with van der Waals surface area (Å²) in [4.78, 5) is 16.6. The van der Waals surface area contributed by atoms with Gasteiger partial charge in [-0.2, -0.15) is 4.31 Å². The van der Waals surface area contributed by atoms with Crippen molar-refractivity contribution in [3.05, 3.63) is 50.7 Å². The summed E-state index contributed by atoms with van der Waals surface area (Å²) in [6, 6.07) is 8.32. The number of benzene rings is 1. The van der Waals surface area contributed by atoms with Crippen molar-refractivity contribution in [2.24, 2.45) is 0 Å². The molecule has 25 heavy (non-hydrogen) atoms. The van der Waals surface area contributed by atoms with E-state index in [0.717, 1.165) is 9.75 Å². The topological polar surface area (TPSA) is 57.7 Å². The van der Waals surface area contributed by atoms with Crippen LogP contribution in [0.25, 0.3) is 0 Å². The standard InChI is InChI=1S/C17H19ClN2O3S2/c1-12-11-14(13(2)24-12)17(21)19-7-9-20(10-8-19)25(22,23)16-6-4-3-5-15(16)18/h3-6,11H,7-10H2,1-2H3. The van der Waals surface area contributed by atoms with Gasteiger partial charge in [0.15, 0.2) is 0 Å². The van der Waals surface area contributed by atoms with Crippen LogP contribution < -0.4 is 0 Å². The van der Waals surface area contributed by atoms with Gasteiger partial charge >= 0.3 is 0 Å². The summed E-state index contributed by atoms with van der Waals surface area (Å²) in [6.45, 7) is 5.18. The number of amides is 1. The molecule has 0 aliphatic carbocycles. The molecule has 0 unspecified atom stereocenters. The third-order valence-corrected chi connectivity index (χ3v) is 7.62. The Labute approximate surface area is 156 Å². The largest absolute Gasteiger partial charge is 0.336 e. The lowest BCUT2D eigenvalue weighted by Gasteiger charge is -2.34. The van der Waals surface area contributed by atoms with E-state index in [9.17, 15) is 13.2 Å². The summed E-state index contributed by atoms with van der Waals surface area (Å²) in [6.07, 6.45) is 0. The molecule has 5 nitrogen and oxygen atoms in total. The normalized spacial score (nSPS) is 16.2. The molecule has 134 valence electrons. The summed E-state index contributed by atoms with van der Waals surface area (Å²) >= 11 is 7.63. The zero-order valence-corrected chi connectivity index (χ0v) is 16.4. The van der Waals surface area contributed by atoms with Crippen molar-refractivity contribution >= 4 is 38.9 Å². The van der Waals surface area contributed by atoms with Crippen molar-refractivity contribution in [3.63, 3.8) is 0 Å². The Morgan fingerprint density at radius 1 is 1.12 bits per heavy atom. The molecule has 1 aromatic heterocycles. The van der Waals surface area contributed by atoms with Gasteiger partial charge in [-0.25, -0.2) is 8.42 Å². The van der Waals surface area contributed by atoms with Gasteiger partial charge in [0.25, 0.3) is 5.91 Å². The number of thiophene rings is 1. The molecular weight excluding hydrogens is 380 g/mol. The predicted molar refractivity (Wildman–Crippen MR) is 99.9 cm³/mol. The second-order valence-electron chi connectivity index (χ2n) is 5.95. The van der Waals surface area contributed by atoms with Gasteiger partial charge in [-0.15, -0.1) is 11.3 Å². The van der Waals surface area contributed by atoms with Gasteiger partial charge in [-0.05, 0) is 32.0 Å². The minimum Gasteiger partial charge on any atom is -0.336 e. The highest BCUT2D eigenvalue weighted by atomic mass is 35.5. The highest BCUT2D eigenvalue weighted by Crippen LogP contribution is 2.26. The van der Waals surface area contributed by atoms with Gasteiger partial charge in [0.2, 0.25) is 10.0 Å². The molecule has 1 fully saturated rings. The molecule has 1 aromatic carbocycles. The Morgan fingerprint density at radius 3 is 2.32 bits per heavy atom. The van der Waals surface area contributed by atoms with Gasteiger partial charge in [0.1, 0.15) is 4.90 Å². The third-order valence-electron chi connectivity index (χ3n) is 4.25. The second kappa shape index (κ2) is 7.07. The fourth-order valence-electron chi connectivity index (χ4n) is 2.94. The molecule has 1 aliphatic rings. The zero-order chi connectivity index (χ0) is 18.2. The number of rotatable bonds is 3. The molecule has 0 bridgehead atoms. The van der Waals surface area contributed by atoms with E-state index in [1.807, 2.05) is 19.9 Å². The Bertz CT molecular complexity index is 900. The number of sulfonamides is 1. The lowest BCUT2D eigenvalue weighted by atomic mass is 10.2. The van der Waals surface area contributed by atoms with Crippen LogP contribution >= 0.6 is 22.9 Å². The molecule has 1 aliphatic heterocycles.